The van der Waals surface area contributed by atoms with Crippen molar-refractivity contribution in [3.8, 4) is 11.1 Å². The molecule has 1 heteroatoms. The van der Waals surface area contributed by atoms with E-state index >= 15 is 0 Å². The van der Waals surface area contributed by atoms with Crippen LogP contribution in [0.4, 0.5) is 0 Å². The number of aryl methyl sites for hydroxylation is 2. The molecule has 0 amide bonds. The quantitative estimate of drug-likeness (QED) is 0.660. The number of hydrogen-bond donors (Lipinski definition) is 0. The predicted octanol–water partition coefficient (Wildman–Crippen LogP) is 3.37. The van der Waals surface area contributed by atoms with Gasteiger partial charge in [-0.3, -0.25) is 4.98 Å². The van der Waals surface area contributed by atoms with Gasteiger partial charge in [0.1, 0.15) is 0 Å². The number of rotatable bonds is 1. The highest BCUT2D eigenvalue weighted by molar-refractivity contribution is 5.65. The molecule has 70 valence electrons. The molecular weight excluding hydrogens is 170 g/mol. The van der Waals surface area contributed by atoms with Crippen molar-refractivity contribution >= 4 is 0 Å². The lowest BCUT2D eigenvalue weighted by molar-refractivity contribution is 1.20. The summed E-state index contributed by atoms with van der Waals surface area (Å²) in [6.45, 7) is 4.13. The smallest absolute Gasteiger partial charge is 0.0450 e. The van der Waals surface area contributed by atoms with Gasteiger partial charge >= 0.3 is 0 Å². The Morgan fingerprint density at radius 2 is 1.64 bits per heavy atom. The molecule has 0 atom stereocenters. The molecule has 0 saturated carbocycles. The summed E-state index contributed by atoms with van der Waals surface area (Å²) in [5.74, 6) is 0. The monoisotopic (exact) mass is 183 g/mol. The first-order valence-corrected chi connectivity index (χ1v) is 4.76. The summed E-state index contributed by atoms with van der Waals surface area (Å²) in [6.07, 6.45) is 1.83. The van der Waals surface area contributed by atoms with Gasteiger partial charge in [0.05, 0.1) is 0 Å². The van der Waals surface area contributed by atoms with Crippen molar-refractivity contribution in [1.82, 2.24) is 4.98 Å². The van der Waals surface area contributed by atoms with Gasteiger partial charge in [-0.05, 0) is 25.5 Å². The lowest BCUT2D eigenvalue weighted by atomic mass is 10.0. The van der Waals surface area contributed by atoms with E-state index in [9.17, 15) is 0 Å². The van der Waals surface area contributed by atoms with E-state index in [0.717, 1.165) is 5.69 Å². The summed E-state index contributed by atoms with van der Waals surface area (Å²) in [5, 5.41) is 0. The second-order valence-corrected chi connectivity index (χ2v) is 3.50. The molecule has 0 N–H and O–H groups in total. The highest BCUT2D eigenvalue weighted by atomic mass is 14.7. The molecule has 2 aromatic rings. The van der Waals surface area contributed by atoms with Crippen molar-refractivity contribution < 1.29 is 0 Å². The molecule has 0 fully saturated rings. The highest BCUT2D eigenvalue weighted by Gasteiger charge is 2.00. The van der Waals surface area contributed by atoms with Crippen molar-refractivity contribution in [3.05, 3.63) is 53.9 Å². The standard InChI is InChI=1S/C13H13N/c1-10-5-7-12(8-6-10)13-4-3-9-14-11(13)2/h3-9H,1-2H3. The van der Waals surface area contributed by atoms with Crippen LogP contribution in [0, 0.1) is 13.8 Å². The van der Waals surface area contributed by atoms with Crippen molar-refractivity contribution in [1.29, 1.82) is 0 Å². The Hall–Kier alpha value is -1.63. The van der Waals surface area contributed by atoms with Crippen LogP contribution in [0.15, 0.2) is 42.6 Å². The number of pyridine rings is 1. The van der Waals surface area contributed by atoms with Gasteiger partial charge in [0, 0.05) is 17.5 Å². The van der Waals surface area contributed by atoms with E-state index in [2.05, 4.69) is 42.2 Å². The van der Waals surface area contributed by atoms with E-state index in [4.69, 9.17) is 0 Å². The lowest BCUT2D eigenvalue weighted by Crippen LogP contribution is -1.86. The fraction of sp³-hybridized carbons (Fsp3) is 0.154. The zero-order chi connectivity index (χ0) is 9.97. The molecule has 1 heterocycles. The second-order valence-electron chi connectivity index (χ2n) is 3.50. The normalized spacial score (nSPS) is 10.1. The fourth-order valence-corrected chi connectivity index (χ4v) is 1.52. The average molecular weight is 183 g/mol. The van der Waals surface area contributed by atoms with Crippen LogP contribution in [-0.2, 0) is 0 Å². The Morgan fingerprint density at radius 1 is 0.929 bits per heavy atom. The van der Waals surface area contributed by atoms with E-state index in [1.165, 1.54) is 16.7 Å². The van der Waals surface area contributed by atoms with Crippen LogP contribution in [0.1, 0.15) is 11.3 Å². The Labute approximate surface area is 84.4 Å². The first-order chi connectivity index (χ1) is 6.77. The van der Waals surface area contributed by atoms with Gasteiger partial charge in [-0.2, -0.15) is 0 Å². The molecule has 2 rings (SSSR count). The van der Waals surface area contributed by atoms with Gasteiger partial charge in [0.25, 0.3) is 0 Å². The van der Waals surface area contributed by atoms with Crippen molar-refractivity contribution in [2.45, 2.75) is 13.8 Å². The third kappa shape index (κ3) is 1.67. The molecular formula is C13H13N. The van der Waals surface area contributed by atoms with Gasteiger partial charge in [0.15, 0.2) is 0 Å². The van der Waals surface area contributed by atoms with Crippen LogP contribution >= 0.6 is 0 Å². The molecule has 14 heavy (non-hydrogen) atoms. The van der Waals surface area contributed by atoms with E-state index < -0.39 is 0 Å². The van der Waals surface area contributed by atoms with Crippen molar-refractivity contribution in [2.75, 3.05) is 0 Å². The van der Waals surface area contributed by atoms with E-state index in [0.29, 0.717) is 0 Å². The van der Waals surface area contributed by atoms with Gasteiger partial charge in [-0.1, -0.05) is 35.9 Å². The zero-order valence-electron chi connectivity index (χ0n) is 8.49. The molecule has 0 radical (unpaired) electrons. The zero-order valence-corrected chi connectivity index (χ0v) is 8.49. The Kier molecular flexibility index (Phi) is 2.32. The Morgan fingerprint density at radius 3 is 2.29 bits per heavy atom. The molecule has 0 unspecified atom stereocenters. The summed E-state index contributed by atoms with van der Waals surface area (Å²) in [7, 11) is 0. The third-order valence-corrected chi connectivity index (χ3v) is 2.37. The van der Waals surface area contributed by atoms with E-state index in [1.54, 1.807) is 0 Å². The molecule has 0 spiro atoms. The number of hydrogen-bond acceptors (Lipinski definition) is 1. The minimum atomic E-state index is 1.08. The third-order valence-electron chi connectivity index (χ3n) is 2.37. The molecule has 1 aromatic carbocycles. The Bertz CT molecular complexity index is 429. The van der Waals surface area contributed by atoms with Crippen LogP contribution in [-0.4, -0.2) is 4.98 Å². The lowest BCUT2D eigenvalue weighted by Gasteiger charge is -2.04. The second kappa shape index (κ2) is 3.62. The maximum absolute atomic E-state index is 4.28. The predicted molar refractivity (Wildman–Crippen MR) is 59.1 cm³/mol. The molecule has 1 aromatic heterocycles. The molecule has 0 aliphatic carbocycles. The Balaban J connectivity index is 2.50. The van der Waals surface area contributed by atoms with Crippen LogP contribution in [0.5, 0.6) is 0 Å². The maximum atomic E-state index is 4.28. The van der Waals surface area contributed by atoms with Gasteiger partial charge in [0.2, 0.25) is 0 Å². The maximum Gasteiger partial charge on any atom is 0.0450 e. The molecule has 0 bridgehead atoms. The van der Waals surface area contributed by atoms with Gasteiger partial charge < -0.3 is 0 Å². The van der Waals surface area contributed by atoms with E-state index in [-0.39, 0.29) is 0 Å². The highest BCUT2D eigenvalue weighted by Crippen LogP contribution is 2.21. The van der Waals surface area contributed by atoms with Crippen molar-refractivity contribution in [3.63, 3.8) is 0 Å². The first-order valence-electron chi connectivity index (χ1n) is 4.76. The average Bonchev–Trinajstić information content (AvgIpc) is 2.20. The fourth-order valence-electron chi connectivity index (χ4n) is 1.52. The van der Waals surface area contributed by atoms with Gasteiger partial charge in [-0.15, -0.1) is 0 Å². The van der Waals surface area contributed by atoms with Crippen LogP contribution < -0.4 is 0 Å². The van der Waals surface area contributed by atoms with Crippen LogP contribution in [0.25, 0.3) is 11.1 Å². The van der Waals surface area contributed by atoms with Gasteiger partial charge in [-0.25, -0.2) is 0 Å². The summed E-state index contributed by atoms with van der Waals surface area (Å²) in [6, 6.07) is 12.6. The largest absolute Gasteiger partial charge is 0.261 e. The molecule has 1 nitrogen and oxygen atoms in total. The number of nitrogens with zero attached hydrogens (tertiary/aromatic N) is 1. The summed E-state index contributed by atoms with van der Waals surface area (Å²) >= 11 is 0. The van der Waals surface area contributed by atoms with Crippen molar-refractivity contribution in [2.24, 2.45) is 0 Å². The summed E-state index contributed by atoms with van der Waals surface area (Å²) in [4.78, 5) is 4.28. The molecule has 0 aliphatic rings. The minimum Gasteiger partial charge on any atom is -0.261 e. The van der Waals surface area contributed by atoms with E-state index in [1.807, 2.05) is 19.2 Å². The van der Waals surface area contributed by atoms with Crippen LogP contribution in [0.3, 0.4) is 0 Å². The summed E-state index contributed by atoms with van der Waals surface area (Å²) in [5.41, 5.74) is 4.82. The topological polar surface area (TPSA) is 12.9 Å². The first kappa shape index (κ1) is 8.95. The minimum absolute atomic E-state index is 1.08. The summed E-state index contributed by atoms with van der Waals surface area (Å²) < 4.78 is 0. The number of aromatic nitrogens is 1. The molecule has 0 saturated heterocycles. The SMILES string of the molecule is Cc1ccc(-c2cccnc2C)cc1. The van der Waals surface area contributed by atoms with Crippen LogP contribution in [0.2, 0.25) is 0 Å². The molecule has 0 aliphatic heterocycles. The number of benzene rings is 1.